The molecule has 4 rings (SSSR count). The number of rotatable bonds is 8. The third kappa shape index (κ3) is 8.51. The Morgan fingerprint density at radius 3 is 2.41 bits per heavy atom. The fraction of sp³-hybridized carbons (Fsp3) is 0.886. The molecule has 6 heteroatoms. The first-order valence-electron chi connectivity index (χ1n) is 16.6. The van der Waals surface area contributed by atoms with Gasteiger partial charge in [-0.05, 0) is 118 Å². The minimum Gasteiger partial charge on any atom is -0.550 e. The van der Waals surface area contributed by atoms with E-state index < -0.39 is 17.7 Å². The van der Waals surface area contributed by atoms with Crippen LogP contribution >= 0.6 is 0 Å². The molecule has 0 heterocycles. The molecule has 236 valence electrons. The first kappa shape index (κ1) is 33.9. The third-order valence-corrected chi connectivity index (χ3v) is 11.3. The Labute approximate surface area is 250 Å². The van der Waals surface area contributed by atoms with Crippen molar-refractivity contribution in [3.8, 4) is 0 Å². The van der Waals surface area contributed by atoms with Crippen molar-refractivity contribution >= 4 is 12.1 Å². The maximum atomic E-state index is 10.9. The average molecular weight is 575 g/mol. The quantitative estimate of drug-likeness (QED) is 0.303. The molecule has 4 aliphatic rings. The van der Waals surface area contributed by atoms with E-state index in [1.807, 2.05) is 0 Å². The van der Waals surface area contributed by atoms with Gasteiger partial charge >= 0.3 is 6.09 Å². The van der Waals surface area contributed by atoms with Gasteiger partial charge in [-0.25, -0.2) is 4.79 Å². The Morgan fingerprint density at radius 2 is 1.78 bits per heavy atom. The van der Waals surface area contributed by atoms with Crippen molar-refractivity contribution in [3.63, 3.8) is 0 Å². The summed E-state index contributed by atoms with van der Waals surface area (Å²) in [6.07, 6.45) is 16.3. The molecule has 4 aliphatic carbocycles. The van der Waals surface area contributed by atoms with Gasteiger partial charge in [-0.15, -0.1) is 0 Å². The molecule has 3 saturated carbocycles. The highest BCUT2D eigenvalue weighted by Crippen LogP contribution is 2.67. The fourth-order valence-corrected chi connectivity index (χ4v) is 9.25. The minimum absolute atomic E-state index is 0.0250. The van der Waals surface area contributed by atoms with Gasteiger partial charge in [0.25, 0.3) is 0 Å². The molecule has 0 unspecified atom stereocenters. The maximum absolute atomic E-state index is 10.9. The molecule has 2 N–H and O–H groups in total. The van der Waals surface area contributed by atoms with Gasteiger partial charge in [-0.3, -0.25) is 0 Å². The number of allylic oxidation sites excluding steroid dienone is 1. The lowest BCUT2D eigenvalue weighted by Gasteiger charge is -2.58. The molecule has 0 aromatic carbocycles. The van der Waals surface area contributed by atoms with E-state index >= 15 is 0 Å². The zero-order valence-corrected chi connectivity index (χ0v) is 27.4. The summed E-state index contributed by atoms with van der Waals surface area (Å²) in [6, 6.07) is 0. The number of alkyl carbamates (subject to hydrolysis) is 1. The Balaban J connectivity index is 0.000000302. The van der Waals surface area contributed by atoms with Crippen LogP contribution in [0.15, 0.2) is 11.6 Å². The number of aliphatic carboxylic acids is 1. The Bertz CT molecular complexity index is 922. The number of nitrogens with one attached hydrogen (secondary N) is 1. The number of carbonyl (C=O) groups is 2. The van der Waals surface area contributed by atoms with Crippen LogP contribution < -0.4 is 10.4 Å². The third-order valence-electron chi connectivity index (χ3n) is 11.3. The SMILES string of the molecule is CC(C)(C)OC(=O)NCCC(=O)[O-].CC(C)CCC[C@@H](C)[C@H]1CC[C@H]2[C@@H]3CC=C4C[C@@H](O)CC[C@]4(C)[C@H]3CC[C@]12C. The van der Waals surface area contributed by atoms with E-state index in [4.69, 9.17) is 4.74 Å². The highest BCUT2D eigenvalue weighted by molar-refractivity contribution is 5.69. The van der Waals surface area contributed by atoms with E-state index in [1.54, 1.807) is 26.3 Å². The molecule has 0 aliphatic heterocycles. The smallest absolute Gasteiger partial charge is 0.407 e. The zero-order valence-electron chi connectivity index (χ0n) is 27.4. The lowest BCUT2D eigenvalue weighted by molar-refractivity contribution is -0.305. The molecule has 1 amide bonds. The number of hydrogen-bond donors (Lipinski definition) is 2. The monoisotopic (exact) mass is 574 g/mol. The first-order chi connectivity index (χ1) is 19.1. The van der Waals surface area contributed by atoms with Gasteiger partial charge in [0.1, 0.15) is 5.60 Å². The molecule has 0 aromatic heterocycles. The van der Waals surface area contributed by atoms with Crippen molar-refractivity contribution < 1.29 is 24.5 Å². The predicted octanol–water partition coefficient (Wildman–Crippen LogP) is 7.04. The van der Waals surface area contributed by atoms with Gasteiger partial charge in [0.2, 0.25) is 0 Å². The summed E-state index contributed by atoms with van der Waals surface area (Å²) in [5.41, 5.74) is 2.04. The number of aliphatic hydroxyl groups excluding tert-OH is 1. The average Bonchev–Trinajstić information content (AvgIpc) is 3.20. The van der Waals surface area contributed by atoms with Crippen molar-refractivity contribution in [3.05, 3.63) is 11.6 Å². The van der Waals surface area contributed by atoms with Crippen molar-refractivity contribution in [2.24, 2.45) is 46.3 Å². The summed E-state index contributed by atoms with van der Waals surface area (Å²) in [5, 5.41) is 22.5. The van der Waals surface area contributed by atoms with Crippen molar-refractivity contribution in [1.82, 2.24) is 5.32 Å². The normalized spacial score (nSPS) is 35.2. The molecule has 6 nitrogen and oxygen atoms in total. The number of aliphatic hydroxyl groups is 1. The number of carboxylic acid groups (broad SMARTS) is 1. The summed E-state index contributed by atoms with van der Waals surface area (Å²) >= 11 is 0. The Morgan fingerprint density at radius 1 is 1.07 bits per heavy atom. The molecule has 0 radical (unpaired) electrons. The summed E-state index contributed by atoms with van der Waals surface area (Å²) < 4.78 is 4.86. The molecule has 41 heavy (non-hydrogen) atoms. The minimum atomic E-state index is -1.20. The number of hydrogen-bond acceptors (Lipinski definition) is 5. The molecular weight excluding hydrogens is 514 g/mol. The Kier molecular flexibility index (Phi) is 11.4. The number of amides is 1. The van der Waals surface area contributed by atoms with Crippen LogP contribution in [0.5, 0.6) is 0 Å². The largest absolute Gasteiger partial charge is 0.550 e. The van der Waals surface area contributed by atoms with Crippen LogP contribution in [0.3, 0.4) is 0 Å². The Hall–Kier alpha value is -1.56. The van der Waals surface area contributed by atoms with Crippen LogP contribution in [0.4, 0.5) is 4.79 Å². The van der Waals surface area contributed by atoms with E-state index in [2.05, 4.69) is 46.0 Å². The molecule has 0 aromatic rings. The molecule has 0 saturated heterocycles. The molecule has 0 spiro atoms. The van der Waals surface area contributed by atoms with E-state index in [9.17, 15) is 19.8 Å². The zero-order chi connectivity index (χ0) is 30.6. The van der Waals surface area contributed by atoms with Gasteiger partial charge in [-0.1, -0.05) is 65.5 Å². The lowest BCUT2D eigenvalue weighted by Crippen LogP contribution is -2.50. The van der Waals surface area contributed by atoms with Gasteiger partial charge in [0.05, 0.1) is 6.10 Å². The van der Waals surface area contributed by atoms with Crippen LogP contribution in [0.1, 0.15) is 132 Å². The number of carbonyl (C=O) groups excluding carboxylic acids is 2. The second-order valence-electron chi connectivity index (χ2n) is 15.7. The van der Waals surface area contributed by atoms with E-state index in [-0.39, 0.29) is 19.1 Å². The number of ether oxygens (including phenoxy) is 1. The van der Waals surface area contributed by atoms with Crippen LogP contribution in [-0.2, 0) is 9.53 Å². The molecular formula is C35H60NO5-. The van der Waals surface area contributed by atoms with Gasteiger partial charge in [0.15, 0.2) is 0 Å². The van der Waals surface area contributed by atoms with E-state index in [0.29, 0.717) is 10.8 Å². The topological polar surface area (TPSA) is 98.7 Å². The first-order valence-corrected chi connectivity index (χ1v) is 16.6. The molecule has 8 atom stereocenters. The highest BCUT2D eigenvalue weighted by Gasteiger charge is 2.59. The number of carboxylic acids is 1. The van der Waals surface area contributed by atoms with Crippen molar-refractivity contribution in [2.45, 2.75) is 144 Å². The van der Waals surface area contributed by atoms with Gasteiger partial charge in [-0.2, -0.15) is 0 Å². The second-order valence-corrected chi connectivity index (χ2v) is 15.7. The van der Waals surface area contributed by atoms with E-state index in [1.165, 1.54) is 57.8 Å². The summed E-state index contributed by atoms with van der Waals surface area (Å²) in [4.78, 5) is 20.9. The lowest BCUT2D eigenvalue weighted by atomic mass is 9.47. The second kappa shape index (κ2) is 13.8. The van der Waals surface area contributed by atoms with Crippen molar-refractivity contribution in [2.75, 3.05) is 6.54 Å². The highest BCUT2D eigenvalue weighted by atomic mass is 16.6. The van der Waals surface area contributed by atoms with Crippen LogP contribution in [0.25, 0.3) is 0 Å². The van der Waals surface area contributed by atoms with Gasteiger partial charge in [0, 0.05) is 18.9 Å². The standard InChI is InChI=1S/C27H46O.C8H15NO4/c1-18(2)7-6-8-19(3)23-11-12-24-22-10-9-20-17-21(28)13-15-26(20,4)25(22)14-16-27(23,24)5;1-8(2,3)13-7(12)9-5-4-6(10)11/h9,18-19,21-25,28H,6-8,10-17H2,1-5H3;4-5H2,1-3H3,(H,9,12)(H,10,11)/p-1/t19-,21+,22+,23-,24+,25+,26+,27-;/m1./s1. The summed E-state index contributed by atoms with van der Waals surface area (Å²) in [5.74, 6) is 4.26. The maximum Gasteiger partial charge on any atom is 0.407 e. The summed E-state index contributed by atoms with van der Waals surface area (Å²) in [6.45, 7) is 17.8. The fourth-order valence-electron chi connectivity index (χ4n) is 9.25. The number of fused-ring (bicyclic) bond motifs is 5. The van der Waals surface area contributed by atoms with E-state index in [0.717, 1.165) is 48.3 Å². The van der Waals surface area contributed by atoms with Crippen LogP contribution in [0, 0.1) is 46.3 Å². The summed E-state index contributed by atoms with van der Waals surface area (Å²) in [7, 11) is 0. The molecule has 3 fully saturated rings. The van der Waals surface area contributed by atoms with Crippen molar-refractivity contribution in [1.29, 1.82) is 0 Å². The van der Waals surface area contributed by atoms with Crippen LogP contribution in [0.2, 0.25) is 0 Å². The van der Waals surface area contributed by atoms with Gasteiger partial charge < -0.3 is 25.1 Å². The molecule has 0 bridgehead atoms. The van der Waals surface area contributed by atoms with Crippen LogP contribution in [-0.4, -0.2) is 35.4 Å². The predicted molar refractivity (Wildman–Crippen MR) is 163 cm³/mol.